The first-order valence-corrected chi connectivity index (χ1v) is 9.75. The zero-order valence-corrected chi connectivity index (χ0v) is 18.5. The van der Waals surface area contributed by atoms with Gasteiger partial charge in [-0.2, -0.15) is 10.4 Å². The fourth-order valence-electron chi connectivity index (χ4n) is 2.76. The maximum absolute atomic E-state index is 12.1. The lowest BCUT2D eigenvalue weighted by Crippen LogP contribution is -2.25. The smallest absolute Gasteiger partial charge is 0.282 e. The van der Waals surface area contributed by atoms with Crippen molar-refractivity contribution in [1.29, 1.82) is 5.26 Å². The fraction of sp³-hybridized carbons (Fsp3) is 0.263. The molecule has 0 radical (unpaired) electrons. The average molecular weight is 506 g/mol. The molecule has 0 fully saturated rings. The highest BCUT2D eigenvalue weighted by Crippen LogP contribution is 2.37. The number of pyridine rings is 1. The number of benzene rings is 1. The Morgan fingerprint density at radius 1 is 1.47 bits per heavy atom. The number of nitro benzene ring substituents is 1. The average Bonchev–Trinajstić information content (AvgIpc) is 3.22. The number of hydrazone groups is 1. The van der Waals surface area contributed by atoms with Crippen LogP contribution in [-0.2, 0) is 16.1 Å². The molecule has 0 aliphatic carbocycles. The summed E-state index contributed by atoms with van der Waals surface area (Å²) in [5.41, 5.74) is 3.29. The highest BCUT2D eigenvalue weighted by molar-refractivity contribution is 9.10. The second-order valence-electron chi connectivity index (χ2n) is 6.32. The van der Waals surface area contributed by atoms with Crippen molar-refractivity contribution in [2.75, 3.05) is 20.5 Å². The Labute approximate surface area is 190 Å². The second-order valence-corrected chi connectivity index (χ2v) is 7.11. The van der Waals surface area contributed by atoms with Crippen molar-refractivity contribution in [3.8, 4) is 23.4 Å². The van der Waals surface area contributed by atoms with E-state index in [2.05, 4.69) is 31.4 Å². The Kier molecular flexibility index (Phi) is 7.18. The van der Waals surface area contributed by atoms with Crippen LogP contribution in [0.1, 0.15) is 22.4 Å². The quantitative estimate of drug-likeness (QED) is 0.322. The predicted molar refractivity (Wildman–Crippen MR) is 113 cm³/mol. The molecule has 2 aromatic rings. The standard InChI is InChI=1S/C19H16BrN5O7/c1-10-18(20)13(7-29-2)12(5-21)19(23-10)30-8-17(26)24-22-6-11-3-15-16(32-9-31-15)4-14(11)25(27)28/h3-4,6H,7-9H2,1-2H3,(H,24,26). The topological polar surface area (TPSA) is 158 Å². The number of rotatable bonds is 8. The van der Waals surface area contributed by atoms with Crippen LogP contribution in [0.15, 0.2) is 21.7 Å². The number of nitrogens with one attached hydrogen (secondary N) is 1. The maximum Gasteiger partial charge on any atom is 0.282 e. The molecule has 0 atom stereocenters. The van der Waals surface area contributed by atoms with Gasteiger partial charge in [0.15, 0.2) is 18.1 Å². The minimum Gasteiger partial charge on any atom is -0.467 e. The molecule has 0 unspecified atom stereocenters. The van der Waals surface area contributed by atoms with Gasteiger partial charge in [0.1, 0.15) is 11.6 Å². The van der Waals surface area contributed by atoms with Gasteiger partial charge in [0, 0.05) is 17.1 Å². The minimum absolute atomic E-state index is 0.0224. The lowest BCUT2D eigenvalue weighted by atomic mass is 10.1. The fourth-order valence-corrected chi connectivity index (χ4v) is 3.16. The molecule has 1 aliphatic rings. The van der Waals surface area contributed by atoms with E-state index in [1.54, 1.807) is 6.92 Å². The van der Waals surface area contributed by atoms with Gasteiger partial charge in [-0.15, -0.1) is 0 Å². The van der Waals surface area contributed by atoms with E-state index in [4.69, 9.17) is 18.9 Å². The first-order chi connectivity index (χ1) is 15.3. The number of aromatic nitrogens is 1. The van der Waals surface area contributed by atoms with Crippen LogP contribution < -0.4 is 19.6 Å². The Balaban J connectivity index is 1.69. The molecule has 2 heterocycles. The molecule has 32 heavy (non-hydrogen) atoms. The van der Waals surface area contributed by atoms with Crippen molar-refractivity contribution in [1.82, 2.24) is 10.4 Å². The molecule has 1 aromatic heterocycles. The van der Waals surface area contributed by atoms with Gasteiger partial charge in [-0.25, -0.2) is 10.4 Å². The number of aryl methyl sites for hydroxylation is 1. The third-order valence-corrected chi connectivity index (χ3v) is 5.27. The molecule has 166 valence electrons. The molecule has 1 N–H and O–H groups in total. The predicted octanol–water partition coefficient (Wildman–Crippen LogP) is 2.34. The van der Waals surface area contributed by atoms with Crippen LogP contribution >= 0.6 is 15.9 Å². The van der Waals surface area contributed by atoms with Gasteiger partial charge >= 0.3 is 0 Å². The lowest BCUT2D eigenvalue weighted by Gasteiger charge is -2.13. The van der Waals surface area contributed by atoms with Crippen molar-refractivity contribution in [2.45, 2.75) is 13.5 Å². The number of methoxy groups -OCH3 is 1. The van der Waals surface area contributed by atoms with Crippen LogP contribution in [-0.4, -0.2) is 42.5 Å². The molecule has 0 saturated carbocycles. The third-order valence-electron chi connectivity index (χ3n) is 4.22. The molecule has 0 spiro atoms. The van der Waals surface area contributed by atoms with Crippen LogP contribution in [0, 0.1) is 28.4 Å². The van der Waals surface area contributed by atoms with Gasteiger partial charge in [0.05, 0.1) is 35.1 Å². The summed E-state index contributed by atoms with van der Waals surface area (Å²) >= 11 is 3.37. The van der Waals surface area contributed by atoms with Gasteiger partial charge in [-0.1, -0.05) is 0 Å². The van der Waals surface area contributed by atoms with Crippen LogP contribution in [0.2, 0.25) is 0 Å². The van der Waals surface area contributed by atoms with E-state index in [1.807, 2.05) is 6.07 Å². The summed E-state index contributed by atoms with van der Waals surface area (Å²) < 4.78 is 21.4. The third kappa shape index (κ3) is 4.93. The summed E-state index contributed by atoms with van der Waals surface area (Å²) in [5, 5.41) is 24.5. The number of halogens is 1. The number of ether oxygens (including phenoxy) is 4. The molecule has 1 aliphatic heterocycles. The lowest BCUT2D eigenvalue weighted by molar-refractivity contribution is -0.385. The van der Waals surface area contributed by atoms with Gasteiger partial charge in [-0.3, -0.25) is 14.9 Å². The van der Waals surface area contributed by atoms with Crippen molar-refractivity contribution < 1.29 is 28.7 Å². The number of nitriles is 1. The zero-order chi connectivity index (χ0) is 23.3. The Hall–Kier alpha value is -3.76. The van der Waals surface area contributed by atoms with Crippen LogP contribution in [0.4, 0.5) is 5.69 Å². The van der Waals surface area contributed by atoms with Crippen LogP contribution in [0.3, 0.4) is 0 Å². The molecular weight excluding hydrogens is 490 g/mol. The Bertz CT molecular complexity index is 1150. The number of nitro groups is 1. The number of fused-ring (bicyclic) bond motifs is 1. The van der Waals surface area contributed by atoms with Crippen molar-refractivity contribution in [3.63, 3.8) is 0 Å². The molecule has 0 saturated heterocycles. The van der Waals surface area contributed by atoms with Crippen LogP contribution in [0.5, 0.6) is 17.4 Å². The van der Waals surface area contributed by atoms with Crippen molar-refractivity contribution in [3.05, 3.63) is 49.1 Å². The van der Waals surface area contributed by atoms with Crippen molar-refractivity contribution in [2.24, 2.45) is 5.10 Å². The van der Waals surface area contributed by atoms with Crippen LogP contribution in [0.25, 0.3) is 0 Å². The largest absolute Gasteiger partial charge is 0.467 e. The van der Waals surface area contributed by atoms with E-state index in [-0.39, 0.29) is 41.8 Å². The van der Waals surface area contributed by atoms with Crippen molar-refractivity contribution >= 4 is 33.7 Å². The summed E-state index contributed by atoms with van der Waals surface area (Å²) in [6.07, 6.45) is 1.11. The summed E-state index contributed by atoms with van der Waals surface area (Å²) in [6.45, 7) is 1.32. The van der Waals surface area contributed by atoms with Gasteiger partial charge in [0.25, 0.3) is 11.6 Å². The normalized spacial score (nSPS) is 11.9. The summed E-state index contributed by atoms with van der Waals surface area (Å²) in [5.74, 6) is -0.0982. The van der Waals surface area contributed by atoms with E-state index < -0.39 is 17.4 Å². The Morgan fingerprint density at radius 2 is 2.19 bits per heavy atom. The number of hydrogen-bond acceptors (Lipinski definition) is 10. The second kappa shape index (κ2) is 10.0. The maximum atomic E-state index is 12.1. The zero-order valence-electron chi connectivity index (χ0n) is 16.9. The molecule has 1 amide bonds. The molecule has 0 bridgehead atoms. The Morgan fingerprint density at radius 3 is 2.84 bits per heavy atom. The van der Waals surface area contributed by atoms with Gasteiger partial charge < -0.3 is 18.9 Å². The molecule has 13 heteroatoms. The molecule has 12 nitrogen and oxygen atoms in total. The summed E-state index contributed by atoms with van der Waals surface area (Å²) in [6, 6.07) is 4.60. The SMILES string of the molecule is COCc1c(Br)c(C)nc(OCC(=O)NN=Cc2cc3c(cc2[N+](=O)[O-])OCO3)c1C#N. The number of nitrogens with zero attached hydrogens (tertiary/aromatic N) is 4. The minimum atomic E-state index is -0.663. The van der Waals surface area contributed by atoms with E-state index in [0.29, 0.717) is 21.5 Å². The highest BCUT2D eigenvalue weighted by Gasteiger charge is 2.23. The van der Waals surface area contributed by atoms with E-state index >= 15 is 0 Å². The summed E-state index contributed by atoms with van der Waals surface area (Å²) in [4.78, 5) is 26.9. The number of hydrogen-bond donors (Lipinski definition) is 1. The molecule has 1 aromatic carbocycles. The van der Waals surface area contributed by atoms with E-state index in [0.717, 1.165) is 6.21 Å². The number of amides is 1. The van der Waals surface area contributed by atoms with E-state index in [9.17, 15) is 20.2 Å². The van der Waals surface area contributed by atoms with Gasteiger partial charge in [-0.05, 0) is 28.9 Å². The number of carbonyl (C=O) groups is 1. The first-order valence-electron chi connectivity index (χ1n) is 8.96. The molecular formula is C19H16BrN5O7. The van der Waals surface area contributed by atoms with Gasteiger partial charge in [0.2, 0.25) is 12.7 Å². The number of carbonyl (C=O) groups excluding carboxylic acids is 1. The first kappa shape index (κ1) is 22.9. The highest BCUT2D eigenvalue weighted by atomic mass is 79.9. The monoisotopic (exact) mass is 505 g/mol. The molecule has 3 rings (SSSR count). The van der Waals surface area contributed by atoms with E-state index in [1.165, 1.54) is 19.2 Å². The summed E-state index contributed by atoms with van der Waals surface area (Å²) in [7, 11) is 1.49.